The number of esters is 1. The molecule has 0 aliphatic carbocycles. The molecular formula is C21H21N3O4. The van der Waals surface area contributed by atoms with Crippen molar-refractivity contribution in [1.82, 2.24) is 9.78 Å². The molecule has 0 aliphatic rings. The molecule has 0 saturated heterocycles. The van der Waals surface area contributed by atoms with E-state index in [2.05, 4.69) is 10.4 Å². The zero-order valence-electron chi connectivity index (χ0n) is 15.7. The van der Waals surface area contributed by atoms with E-state index in [1.165, 1.54) is 10.9 Å². The van der Waals surface area contributed by atoms with Crippen molar-refractivity contribution in [1.29, 1.82) is 0 Å². The van der Waals surface area contributed by atoms with Gasteiger partial charge >= 0.3 is 5.97 Å². The second-order valence-corrected chi connectivity index (χ2v) is 5.79. The molecule has 2 aromatic carbocycles. The Balaban J connectivity index is 1.93. The third-order valence-corrected chi connectivity index (χ3v) is 3.92. The third kappa shape index (κ3) is 4.20. The minimum absolute atomic E-state index is 0.185. The Hall–Kier alpha value is -3.61. The summed E-state index contributed by atoms with van der Waals surface area (Å²) in [6.45, 7) is 4.38. The summed E-state index contributed by atoms with van der Waals surface area (Å²) in [6.07, 6.45) is 1.39. The van der Waals surface area contributed by atoms with E-state index in [9.17, 15) is 9.59 Å². The van der Waals surface area contributed by atoms with Crippen molar-refractivity contribution < 1.29 is 19.1 Å². The Kier molecular flexibility index (Phi) is 6.06. The monoisotopic (exact) mass is 379 g/mol. The van der Waals surface area contributed by atoms with Gasteiger partial charge in [-0.3, -0.25) is 4.79 Å². The lowest BCUT2D eigenvalue weighted by molar-refractivity contribution is 0.0527. The van der Waals surface area contributed by atoms with E-state index in [1.807, 2.05) is 37.3 Å². The molecule has 0 unspecified atom stereocenters. The van der Waals surface area contributed by atoms with Gasteiger partial charge in [0.15, 0.2) is 5.82 Å². The van der Waals surface area contributed by atoms with Crippen LogP contribution in [0.3, 0.4) is 0 Å². The summed E-state index contributed by atoms with van der Waals surface area (Å²) in [4.78, 5) is 25.1. The smallest absolute Gasteiger partial charge is 0.343 e. The topological polar surface area (TPSA) is 82.5 Å². The molecule has 7 nitrogen and oxygen atoms in total. The molecule has 0 aliphatic heterocycles. The molecule has 1 aromatic heterocycles. The molecule has 144 valence electrons. The summed E-state index contributed by atoms with van der Waals surface area (Å²) in [5.74, 6) is 0.0158. The Morgan fingerprint density at radius 3 is 2.36 bits per heavy atom. The zero-order valence-corrected chi connectivity index (χ0v) is 15.7. The maximum absolute atomic E-state index is 12.8. The van der Waals surface area contributed by atoms with Gasteiger partial charge in [-0.25, -0.2) is 9.48 Å². The Morgan fingerprint density at radius 2 is 1.71 bits per heavy atom. The van der Waals surface area contributed by atoms with E-state index in [1.54, 1.807) is 31.2 Å². The fraction of sp³-hybridized carbons (Fsp3) is 0.190. The van der Waals surface area contributed by atoms with Crippen molar-refractivity contribution in [2.75, 3.05) is 18.5 Å². The average Bonchev–Trinajstić information content (AvgIpc) is 3.13. The van der Waals surface area contributed by atoms with E-state index >= 15 is 0 Å². The SMILES string of the molecule is CCOC(=O)c1cnn(-c2ccccc2)c1NC(=O)c1ccc(OCC)cc1. The van der Waals surface area contributed by atoms with Crippen molar-refractivity contribution in [3.05, 3.63) is 71.9 Å². The summed E-state index contributed by atoms with van der Waals surface area (Å²) in [5, 5.41) is 7.04. The first-order chi connectivity index (χ1) is 13.6. The summed E-state index contributed by atoms with van der Waals surface area (Å²) in [5.41, 5.74) is 1.32. The number of nitrogens with one attached hydrogen (secondary N) is 1. The van der Waals surface area contributed by atoms with Gasteiger partial charge in [0, 0.05) is 5.56 Å². The lowest BCUT2D eigenvalue weighted by Crippen LogP contribution is -2.18. The zero-order chi connectivity index (χ0) is 19.9. The van der Waals surface area contributed by atoms with E-state index in [0.29, 0.717) is 23.6 Å². The first-order valence-electron chi connectivity index (χ1n) is 8.98. The van der Waals surface area contributed by atoms with Crippen LogP contribution in [0, 0.1) is 0 Å². The lowest BCUT2D eigenvalue weighted by atomic mass is 10.2. The second kappa shape index (κ2) is 8.85. The van der Waals surface area contributed by atoms with Gasteiger partial charge in [-0.2, -0.15) is 5.10 Å². The molecule has 0 radical (unpaired) electrons. The minimum Gasteiger partial charge on any atom is -0.494 e. The van der Waals surface area contributed by atoms with E-state index in [-0.39, 0.29) is 23.9 Å². The van der Waals surface area contributed by atoms with Gasteiger partial charge in [-0.05, 0) is 50.2 Å². The summed E-state index contributed by atoms with van der Waals surface area (Å²) < 4.78 is 12.0. The number of hydrogen-bond donors (Lipinski definition) is 1. The van der Waals surface area contributed by atoms with Crippen molar-refractivity contribution in [3.63, 3.8) is 0 Å². The van der Waals surface area contributed by atoms with Crippen LogP contribution < -0.4 is 10.1 Å². The van der Waals surface area contributed by atoms with Crippen molar-refractivity contribution in [2.24, 2.45) is 0 Å². The van der Waals surface area contributed by atoms with Gasteiger partial charge in [0.25, 0.3) is 5.91 Å². The van der Waals surface area contributed by atoms with Gasteiger partial charge in [-0.1, -0.05) is 18.2 Å². The minimum atomic E-state index is -0.549. The molecule has 1 amide bonds. The van der Waals surface area contributed by atoms with Crippen LogP contribution in [0.2, 0.25) is 0 Å². The summed E-state index contributed by atoms with van der Waals surface area (Å²) in [7, 11) is 0. The van der Waals surface area contributed by atoms with Crippen molar-refractivity contribution in [3.8, 4) is 11.4 Å². The fourth-order valence-corrected chi connectivity index (χ4v) is 2.64. The predicted octanol–water partition coefficient (Wildman–Crippen LogP) is 3.70. The second-order valence-electron chi connectivity index (χ2n) is 5.79. The highest BCUT2D eigenvalue weighted by Crippen LogP contribution is 2.22. The van der Waals surface area contributed by atoms with Crippen LogP contribution >= 0.6 is 0 Å². The Bertz CT molecular complexity index is 950. The first-order valence-corrected chi connectivity index (χ1v) is 8.98. The third-order valence-electron chi connectivity index (χ3n) is 3.92. The Labute approximate surface area is 162 Å². The van der Waals surface area contributed by atoms with E-state index in [4.69, 9.17) is 9.47 Å². The van der Waals surface area contributed by atoms with Crippen LogP contribution in [0.1, 0.15) is 34.6 Å². The molecule has 0 atom stereocenters. The van der Waals surface area contributed by atoms with Crippen LogP contribution in [-0.4, -0.2) is 34.9 Å². The normalized spacial score (nSPS) is 10.4. The van der Waals surface area contributed by atoms with Crippen molar-refractivity contribution >= 4 is 17.7 Å². The Morgan fingerprint density at radius 1 is 1.00 bits per heavy atom. The van der Waals surface area contributed by atoms with Crippen LogP contribution in [0.4, 0.5) is 5.82 Å². The number of benzene rings is 2. The quantitative estimate of drug-likeness (QED) is 0.633. The molecule has 1 N–H and O–H groups in total. The van der Waals surface area contributed by atoms with Crippen LogP contribution in [-0.2, 0) is 4.74 Å². The van der Waals surface area contributed by atoms with E-state index in [0.717, 1.165) is 0 Å². The first kappa shape index (κ1) is 19.2. The number of carbonyl (C=O) groups excluding carboxylic acids is 2. The molecule has 0 fully saturated rings. The molecule has 1 heterocycles. The van der Waals surface area contributed by atoms with Gasteiger partial charge in [0.2, 0.25) is 0 Å². The number of hydrogen-bond acceptors (Lipinski definition) is 5. The number of amides is 1. The highest BCUT2D eigenvalue weighted by atomic mass is 16.5. The molecule has 0 spiro atoms. The molecular weight excluding hydrogens is 358 g/mol. The standard InChI is InChI=1S/C21H21N3O4/c1-3-27-17-12-10-15(11-13-17)20(25)23-19-18(21(26)28-4-2)14-22-24(19)16-8-6-5-7-9-16/h5-14H,3-4H2,1-2H3,(H,23,25). The summed E-state index contributed by atoms with van der Waals surface area (Å²) in [6, 6.07) is 16.0. The predicted molar refractivity (Wildman–Crippen MR) is 105 cm³/mol. The number of nitrogens with zero attached hydrogens (tertiary/aromatic N) is 2. The van der Waals surface area contributed by atoms with Crippen LogP contribution in [0.15, 0.2) is 60.8 Å². The van der Waals surface area contributed by atoms with Gasteiger partial charge < -0.3 is 14.8 Å². The molecule has 28 heavy (non-hydrogen) atoms. The number of carbonyl (C=O) groups is 2. The van der Waals surface area contributed by atoms with Gasteiger partial charge in [0.05, 0.1) is 25.1 Å². The van der Waals surface area contributed by atoms with Gasteiger partial charge in [-0.15, -0.1) is 0 Å². The molecule has 0 bridgehead atoms. The molecule has 3 aromatic rings. The fourth-order valence-electron chi connectivity index (χ4n) is 2.64. The number of para-hydroxylation sites is 1. The van der Waals surface area contributed by atoms with E-state index < -0.39 is 5.97 Å². The van der Waals surface area contributed by atoms with Crippen molar-refractivity contribution in [2.45, 2.75) is 13.8 Å². The maximum atomic E-state index is 12.8. The lowest BCUT2D eigenvalue weighted by Gasteiger charge is -2.11. The number of anilines is 1. The molecule has 3 rings (SSSR count). The highest BCUT2D eigenvalue weighted by Gasteiger charge is 2.22. The average molecular weight is 379 g/mol. The summed E-state index contributed by atoms with van der Waals surface area (Å²) >= 11 is 0. The van der Waals surface area contributed by atoms with Crippen LogP contribution in [0.25, 0.3) is 5.69 Å². The number of rotatable bonds is 7. The van der Waals surface area contributed by atoms with Gasteiger partial charge in [0.1, 0.15) is 11.3 Å². The number of ether oxygens (including phenoxy) is 2. The number of aromatic nitrogens is 2. The molecule has 0 saturated carbocycles. The maximum Gasteiger partial charge on any atom is 0.343 e. The highest BCUT2D eigenvalue weighted by molar-refractivity contribution is 6.07. The van der Waals surface area contributed by atoms with Crippen LogP contribution in [0.5, 0.6) is 5.75 Å². The largest absolute Gasteiger partial charge is 0.494 e. The molecule has 7 heteroatoms.